The zero-order valence-corrected chi connectivity index (χ0v) is 9.68. The molecule has 4 heteroatoms. The molecule has 2 unspecified atom stereocenters. The Morgan fingerprint density at radius 1 is 1.58 bits per heavy atom. The Balaban J connectivity index is 2.30. The second-order valence-corrected chi connectivity index (χ2v) is 7.20. The van der Waals surface area contributed by atoms with E-state index in [0.717, 1.165) is 4.82 Å². The van der Waals surface area contributed by atoms with Crippen molar-refractivity contribution in [3.63, 3.8) is 0 Å². The topological polar surface area (TPSA) is 29.4 Å². The van der Waals surface area contributed by atoms with Gasteiger partial charge in [0.25, 0.3) is 0 Å². The molecular weight excluding hydrogens is 237 g/mol. The van der Waals surface area contributed by atoms with Gasteiger partial charge >= 0.3 is 83.6 Å². The monoisotopic (exact) mass is 251 g/mol. The van der Waals surface area contributed by atoms with Crippen LogP contribution >= 0.6 is 11.8 Å². The zero-order valence-electron chi connectivity index (χ0n) is 7.16. The Morgan fingerprint density at radius 3 is 3.00 bits per heavy atom. The van der Waals surface area contributed by atoms with Crippen molar-refractivity contribution in [2.75, 3.05) is 18.1 Å². The quantitative estimate of drug-likeness (QED) is 0.434. The van der Waals surface area contributed by atoms with Crippen LogP contribution in [0.5, 0.6) is 0 Å². The maximum absolute atomic E-state index is 9.91. The average molecular weight is 250 g/mol. The van der Waals surface area contributed by atoms with Crippen molar-refractivity contribution in [2.45, 2.75) is 23.0 Å². The molecule has 1 saturated heterocycles. The van der Waals surface area contributed by atoms with Gasteiger partial charge in [0.05, 0.1) is 0 Å². The van der Waals surface area contributed by atoms with Gasteiger partial charge in [-0.15, -0.1) is 0 Å². The van der Waals surface area contributed by atoms with Crippen molar-refractivity contribution < 1.29 is 4.79 Å². The van der Waals surface area contributed by atoms with Crippen molar-refractivity contribution in [2.24, 2.45) is 4.99 Å². The molecular formula is C8H13NOSSe. The van der Waals surface area contributed by atoms with E-state index in [-0.39, 0.29) is 0 Å². The van der Waals surface area contributed by atoms with Crippen LogP contribution in [-0.2, 0) is 4.79 Å². The minimum absolute atomic E-state index is 0.683. The number of rotatable bonds is 3. The molecule has 68 valence electrons. The maximum atomic E-state index is 9.91. The summed E-state index contributed by atoms with van der Waals surface area (Å²) in [4.78, 5) is 15.2. The third kappa shape index (κ3) is 3.32. The third-order valence-electron chi connectivity index (χ3n) is 1.81. The fourth-order valence-corrected chi connectivity index (χ4v) is 6.37. The molecule has 12 heavy (non-hydrogen) atoms. The standard InChI is InChI=1S/C8H13NOSSe/c1-2-7-4-11-5-8(12-7)3-9-6-10/h7-8H,2-5H2,1H3. The van der Waals surface area contributed by atoms with Crippen molar-refractivity contribution in [1.82, 2.24) is 0 Å². The molecule has 2 nitrogen and oxygen atoms in total. The molecule has 1 rings (SSSR count). The SMILES string of the molecule is CCC1CSCC(CN=C=O)[Se]1. The molecule has 1 aliphatic heterocycles. The number of hydrogen-bond acceptors (Lipinski definition) is 3. The van der Waals surface area contributed by atoms with Crippen molar-refractivity contribution >= 4 is 32.8 Å². The first-order valence-corrected chi connectivity index (χ1v) is 7.27. The van der Waals surface area contributed by atoms with Crippen LogP contribution < -0.4 is 0 Å². The number of isocyanates is 1. The van der Waals surface area contributed by atoms with Crippen LogP contribution in [0.15, 0.2) is 4.99 Å². The predicted molar refractivity (Wildman–Crippen MR) is 53.9 cm³/mol. The fourth-order valence-electron chi connectivity index (χ4n) is 1.13. The van der Waals surface area contributed by atoms with Gasteiger partial charge in [0.1, 0.15) is 0 Å². The van der Waals surface area contributed by atoms with E-state index in [0.29, 0.717) is 26.3 Å². The first kappa shape index (κ1) is 10.3. The summed E-state index contributed by atoms with van der Waals surface area (Å²) >= 11 is 2.71. The van der Waals surface area contributed by atoms with Crippen molar-refractivity contribution in [3.8, 4) is 0 Å². The molecule has 0 aromatic heterocycles. The van der Waals surface area contributed by atoms with Crippen LogP contribution in [0.4, 0.5) is 0 Å². The van der Waals surface area contributed by atoms with Crippen LogP contribution in [0.25, 0.3) is 0 Å². The second-order valence-electron chi connectivity index (χ2n) is 2.76. The third-order valence-corrected chi connectivity index (χ3v) is 7.36. The van der Waals surface area contributed by atoms with Crippen LogP contribution in [0.2, 0.25) is 9.63 Å². The Bertz CT molecular complexity index is 182. The summed E-state index contributed by atoms with van der Waals surface area (Å²) in [5.41, 5.74) is 0. The molecule has 0 bridgehead atoms. The summed E-state index contributed by atoms with van der Waals surface area (Å²) in [6.07, 6.45) is 2.91. The van der Waals surface area contributed by atoms with Gasteiger partial charge in [0, 0.05) is 0 Å². The average Bonchev–Trinajstić information content (AvgIpc) is 2.15. The van der Waals surface area contributed by atoms with Crippen molar-refractivity contribution in [1.29, 1.82) is 0 Å². The number of nitrogens with zero attached hydrogens (tertiary/aromatic N) is 1. The summed E-state index contributed by atoms with van der Waals surface area (Å²) < 4.78 is 0. The van der Waals surface area contributed by atoms with E-state index < -0.39 is 0 Å². The van der Waals surface area contributed by atoms with Gasteiger partial charge in [0.2, 0.25) is 0 Å². The molecule has 0 saturated carbocycles. The second kappa shape index (κ2) is 5.82. The molecule has 0 amide bonds. The molecule has 1 heterocycles. The number of thioether (sulfide) groups is 1. The van der Waals surface area contributed by atoms with Gasteiger partial charge in [0.15, 0.2) is 0 Å². The van der Waals surface area contributed by atoms with Gasteiger partial charge in [-0.2, -0.15) is 0 Å². The number of aliphatic imine (C=N–C) groups is 1. The Morgan fingerprint density at radius 2 is 2.33 bits per heavy atom. The van der Waals surface area contributed by atoms with Crippen molar-refractivity contribution in [3.05, 3.63) is 0 Å². The van der Waals surface area contributed by atoms with E-state index in [1.54, 1.807) is 6.08 Å². The van der Waals surface area contributed by atoms with E-state index >= 15 is 0 Å². The Kier molecular flexibility index (Phi) is 5.01. The van der Waals surface area contributed by atoms with Gasteiger partial charge in [-0.3, -0.25) is 0 Å². The Labute approximate surface area is 83.7 Å². The Hall–Kier alpha value is 0.249. The predicted octanol–water partition coefficient (Wildman–Crippen LogP) is 1.76. The molecule has 1 fully saturated rings. The van der Waals surface area contributed by atoms with Crippen LogP contribution in [-0.4, -0.2) is 39.1 Å². The van der Waals surface area contributed by atoms with Gasteiger partial charge in [-0.05, 0) is 0 Å². The molecule has 0 spiro atoms. The zero-order chi connectivity index (χ0) is 8.81. The first-order valence-electron chi connectivity index (χ1n) is 4.13. The summed E-state index contributed by atoms with van der Waals surface area (Å²) in [6, 6.07) is 0. The molecule has 0 aromatic rings. The summed E-state index contributed by atoms with van der Waals surface area (Å²) in [5, 5.41) is 0. The summed E-state index contributed by atoms with van der Waals surface area (Å²) in [6.45, 7) is 2.96. The minimum atomic E-state index is 0.683. The van der Waals surface area contributed by atoms with Gasteiger partial charge in [-0.1, -0.05) is 0 Å². The first-order chi connectivity index (χ1) is 5.86. The molecule has 0 radical (unpaired) electrons. The van der Waals surface area contributed by atoms with E-state index in [2.05, 4.69) is 11.9 Å². The van der Waals surface area contributed by atoms with E-state index in [4.69, 9.17) is 0 Å². The fraction of sp³-hybridized carbons (Fsp3) is 0.875. The summed E-state index contributed by atoms with van der Waals surface area (Å²) in [7, 11) is 0. The summed E-state index contributed by atoms with van der Waals surface area (Å²) in [5.74, 6) is 2.51. The van der Waals surface area contributed by atoms with Crippen LogP contribution in [0.3, 0.4) is 0 Å². The molecule has 1 aliphatic rings. The van der Waals surface area contributed by atoms with Gasteiger partial charge < -0.3 is 0 Å². The van der Waals surface area contributed by atoms with E-state index in [1.165, 1.54) is 17.9 Å². The van der Waals surface area contributed by atoms with E-state index in [9.17, 15) is 4.79 Å². The molecule has 0 N–H and O–H groups in total. The van der Waals surface area contributed by atoms with Gasteiger partial charge in [-0.25, -0.2) is 0 Å². The van der Waals surface area contributed by atoms with E-state index in [1.807, 2.05) is 11.8 Å². The van der Waals surface area contributed by atoms with Crippen LogP contribution in [0, 0.1) is 0 Å². The molecule has 2 atom stereocenters. The molecule has 0 aromatic carbocycles. The number of carbonyl (C=O) groups excluding carboxylic acids is 1. The van der Waals surface area contributed by atoms with Crippen LogP contribution in [0.1, 0.15) is 13.3 Å². The number of hydrogen-bond donors (Lipinski definition) is 0. The normalized spacial score (nSPS) is 29.4. The molecule has 0 aliphatic carbocycles.